The van der Waals surface area contributed by atoms with E-state index >= 15 is 0 Å². The average molecular weight is 376 g/mol. The third-order valence-corrected chi connectivity index (χ3v) is 6.31. The Balaban J connectivity index is 1.72. The lowest BCUT2D eigenvalue weighted by atomic mass is 10.2. The Bertz CT molecular complexity index is 874. The normalized spacial score (nSPS) is 16.0. The second-order valence-electron chi connectivity index (χ2n) is 6.31. The summed E-state index contributed by atoms with van der Waals surface area (Å²) < 4.78 is 40.2. The molecule has 0 spiro atoms. The highest BCUT2D eigenvalue weighted by Gasteiger charge is 2.25. The number of nitrogens with zero attached hydrogens (tertiary/aromatic N) is 1. The van der Waals surface area contributed by atoms with Crippen LogP contribution >= 0.6 is 0 Å². The lowest BCUT2D eigenvalue weighted by Gasteiger charge is -2.20. The molecule has 2 aromatic rings. The molecule has 7 heteroatoms. The molecule has 26 heavy (non-hydrogen) atoms. The second kappa shape index (κ2) is 7.97. The van der Waals surface area contributed by atoms with Gasteiger partial charge in [0.1, 0.15) is 5.82 Å². The minimum absolute atomic E-state index is 0.200. The quantitative estimate of drug-likeness (QED) is 0.886. The minimum Gasteiger partial charge on any atom is -0.322 e. The van der Waals surface area contributed by atoms with Crippen LogP contribution in [0.3, 0.4) is 0 Å². The van der Waals surface area contributed by atoms with E-state index in [2.05, 4.69) is 5.32 Å². The summed E-state index contributed by atoms with van der Waals surface area (Å²) in [6.07, 6.45) is 3.86. The predicted octanol–water partition coefficient (Wildman–Crippen LogP) is 3.64. The molecule has 2 aromatic carbocycles. The SMILES string of the molecule is O=C(Nc1ccc(S(=O)(=O)N2CCCCCC2)cc1)c1cccc(F)c1. The molecule has 1 heterocycles. The summed E-state index contributed by atoms with van der Waals surface area (Å²) in [6.45, 7) is 1.08. The zero-order chi connectivity index (χ0) is 18.6. The third-order valence-electron chi connectivity index (χ3n) is 4.40. The Hall–Kier alpha value is -2.25. The lowest BCUT2D eigenvalue weighted by molar-refractivity contribution is 0.102. The number of anilines is 1. The van der Waals surface area contributed by atoms with E-state index in [0.717, 1.165) is 31.7 Å². The Kier molecular flexibility index (Phi) is 5.68. The van der Waals surface area contributed by atoms with Gasteiger partial charge in [-0.1, -0.05) is 18.9 Å². The summed E-state index contributed by atoms with van der Waals surface area (Å²) >= 11 is 0. The van der Waals surface area contributed by atoms with Crippen molar-refractivity contribution in [2.24, 2.45) is 0 Å². The van der Waals surface area contributed by atoms with Crippen LogP contribution in [-0.2, 0) is 10.0 Å². The monoisotopic (exact) mass is 376 g/mol. The Morgan fingerprint density at radius 1 is 0.962 bits per heavy atom. The van der Waals surface area contributed by atoms with Crippen LogP contribution < -0.4 is 5.32 Å². The van der Waals surface area contributed by atoms with E-state index in [9.17, 15) is 17.6 Å². The molecule has 0 aromatic heterocycles. The standard InChI is InChI=1S/C19H21FN2O3S/c20-16-7-5-6-15(14-16)19(23)21-17-8-10-18(11-9-17)26(24,25)22-12-3-1-2-4-13-22/h5-11,14H,1-4,12-13H2,(H,21,23). The van der Waals surface area contributed by atoms with Crippen LogP contribution in [0.25, 0.3) is 0 Å². The zero-order valence-corrected chi connectivity index (χ0v) is 15.1. The van der Waals surface area contributed by atoms with Crippen LogP contribution in [0.5, 0.6) is 0 Å². The van der Waals surface area contributed by atoms with Crippen molar-refractivity contribution in [2.75, 3.05) is 18.4 Å². The van der Waals surface area contributed by atoms with Crippen molar-refractivity contribution in [2.45, 2.75) is 30.6 Å². The summed E-state index contributed by atoms with van der Waals surface area (Å²) in [4.78, 5) is 12.3. The van der Waals surface area contributed by atoms with Crippen LogP contribution in [-0.4, -0.2) is 31.7 Å². The maximum absolute atomic E-state index is 13.2. The highest BCUT2D eigenvalue weighted by atomic mass is 32.2. The number of hydrogen-bond donors (Lipinski definition) is 1. The molecule has 1 fully saturated rings. The number of carbonyl (C=O) groups is 1. The second-order valence-corrected chi connectivity index (χ2v) is 8.25. The molecule has 1 saturated heterocycles. The molecule has 0 saturated carbocycles. The number of rotatable bonds is 4. The number of carbonyl (C=O) groups excluding carboxylic acids is 1. The van der Waals surface area contributed by atoms with Crippen molar-refractivity contribution in [3.8, 4) is 0 Å². The largest absolute Gasteiger partial charge is 0.322 e. The zero-order valence-electron chi connectivity index (χ0n) is 14.3. The Morgan fingerprint density at radius 3 is 2.23 bits per heavy atom. The molecule has 1 amide bonds. The fourth-order valence-electron chi connectivity index (χ4n) is 2.97. The molecule has 1 aliphatic rings. The van der Waals surface area contributed by atoms with E-state index in [-0.39, 0.29) is 10.5 Å². The predicted molar refractivity (Wildman–Crippen MR) is 98.0 cm³/mol. The molecular formula is C19H21FN2O3S. The third kappa shape index (κ3) is 4.28. The van der Waals surface area contributed by atoms with Crippen molar-refractivity contribution in [3.05, 3.63) is 59.9 Å². The van der Waals surface area contributed by atoms with Crippen LogP contribution in [0.2, 0.25) is 0 Å². The van der Waals surface area contributed by atoms with Crippen molar-refractivity contribution < 1.29 is 17.6 Å². The van der Waals surface area contributed by atoms with Crippen molar-refractivity contribution in [3.63, 3.8) is 0 Å². The first-order chi connectivity index (χ1) is 12.5. The number of sulfonamides is 1. The minimum atomic E-state index is -3.52. The van der Waals surface area contributed by atoms with E-state index in [1.54, 1.807) is 12.1 Å². The molecule has 3 rings (SSSR count). The fraction of sp³-hybridized carbons (Fsp3) is 0.316. The first-order valence-electron chi connectivity index (χ1n) is 8.64. The van der Waals surface area contributed by atoms with Crippen LogP contribution in [0.1, 0.15) is 36.0 Å². The first-order valence-corrected chi connectivity index (χ1v) is 10.1. The maximum atomic E-state index is 13.2. The molecule has 5 nitrogen and oxygen atoms in total. The molecule has 0 atom stereocenters. The van der Waals surface area contributed by atoms with Gasteiger partial charge < -0.3 is 5.32 Å². The van der Waals surface area contributed by atoms with Gasteiger partial charge in [-0.05, 0) is 55.3 Å². The van der Waals surface area contributed by atoms with Crippen LogP contribution in [0.4, 0.5) is 10.1 Å². The summed E-state index contributed by atoms with van der Waals surface area (Å²) in [5.74, 6) is -0.941. The van der Waals surface area contributed by atoms with Crippen molar-refractivity contribution in [1.82, 2.24) is 4.31 Å². The lowest BCUT2D eigenvalue weighted by Crippen LogP contribution is -2.31. The Morgan fingerprint density at radius 2 is 1.62 bits per heavy atom. The highest BCUT2D eigenvalue weighted by molar-refractivity contribution is 7.89. The van der Waals surface area contributed by atoms with Gasteiger partial charge in [-0.25, -0.2) is 12.8 Å². The fourth-order valence-corrected chi connectivity index (χ4v) is 4.49. The highest BCUT2D eigenvalue weighted by Crippen LogP contribution is 2.22. The van der Waals surface area contributed by atoms with Gasteiger partial charge >= 0.3 is 0 Å². The number of hydrogen-bond acceptors (Lipinski definition) is 3. The molecule has 1 aliphatic heterocycles. The summed E-state index contributed by atoms with van der Waals surface area (Å²) in [6, 6.07) is 11.4. The van der Waals surface area contributed by atoms with E-state index < -0.39 is 21.7 Å². The van der Waals surface area contributed by atoms with Gasteiger partial charge in [-0.2, -0.15) is 4.31 Å². The van der Waals surface area contributed by atoms with E-state index in [0.29, 0.717) is 18.8 Å². The molecule has 0 aliphatic carbocycles. The summed E-state index contributed by atoms with van der Waals surface area (Å²) in [5, 5.41) is 2.64. The van der Waals surface area contributed by atoms with Gasteiger partial charge in [0.05, 0.1) is 4.90 Å². The van der Waals surface area contributed by atoms with Gasteiger partial charge in [0.15, 0.2) is 0 Å². The number of benzene rings is 2. The average Bonchev–Trinajstić information content (AvgIpc) is 2.92. The van der Waals surface area contributed by atoms with Crippen molar-refractivity contribution in [1.29, 1.82) is 0 Å². The van der Waals surface area contributed by atoms with Gasteiger partial charge in [0.2, 0.25) is 10.0 Å². The molecule has 1 N–H and O–H groups in total. The van der Waals surface area contributed by atoms with Gasteiger partial charge in [0, 0.05) is 24.3 Å². The van der Waals surface area contributed by atoms with Crippen molar-refractivity contribution >= 4 is 21.6 Å². The molecule has 0 radical (unpaired) electrons. The summed E-state index contributed by atoms with van der Waals surface area (Å²) in [5.41, 5.74) is 0.653. The number of nitrogens with one attached hydrogen (secondary N) is 1. The van der Waals surface area contributed by atoms with Crippen LogP contribution in [0.15, 0.2) is 53.4 Å². The van der Waals surface area contributed by atoms with E-state index in [1.807, 2.05) is 0 Å². The number of amides is 1. The van der Waals surface area contributed by atoms with Gasteiger partial charge in [-0.3, -0.25) is 4.79 Å². The van der Waals surface area contributed by atoms with E-state index in [4.69, 9.17) is 0 Å². The number of halogens is 1. The molecule has 0 bridgehead atoms. The molecular weight excluding hydrogens is 355 g/mol. The van der Waals surface area contributed by atoms with Gasteiger partial charge in [-0.15, -0.1) is 0 Å². The molecule has 0 unspecified atom stereocenters. The van der Waals surface area contributed by atoms with Crippen LogP contribution in [0, 0.1) is 5.82 Å². The summed E-state index contributed by atoms with van der Waals surface area (Å²) in [7, 11) is -3.52. The first kappa shape index (κ1) is 18.5. The maximum Gasteiger partial charge on any atom is 0.255 e. The smallest absolute Gasteiger partial charge is 0.255 e. The Labute approximate surface area is 152 Å². The molecule has 138 valence electrons. The van der Waals surface area contributed by atoms with E-state index in [1.165, 1.54) is 34.6 Å². The topological polar surface area (TPSA) is 66.5 Å². The van der Waals surface area contributed by atoms with Gasteiger partial charge in [0.25, 0.3) is 5.91 Å².